The number of hydrogen-bond acceptors (Lipinski definition) is 5. The SMILES string of the molecule is C=CC[C@H]1CN(C(=O)OC(C)(C)C)C[C@@]1(N)C(=O)O[C@H](C)c1ccccc1. The third kappa shape index (κ3) is 5.10. The Morgan fingerprint density at radius 1 is 1.37 bits per heavy atom. The van der Waals surface area contributed by atoms with Gasteiger partial charge in [0.2, 0.25) is 0 Å². The molecule has 0 bridgehead atoms. The monoisotopic (exact) mass is 374 g/mol. The summed E-state index contributed by atoms with van der Waals surface area (Å²) in [5, 5.41) is 0. The highest BCUT2D eigenvalue weighted by Gasteiger charge is 2.52. The average Bonchev–Trinajstić information content (AvgIpc) is 2.93. The number of nitrogens with zero attached hydrogens (tertiary/aromatic N) is 1. The molecule has 0 unspecified atom stereocenters. The molecule has 1 heterocycles. The second-order valence-electron chi connectivity index (χ2n) is 8.08. The van der Waals surface area contributed by atoms with Crippen LogP contribution in [0.3, 0.4) is 0 Å². The highest BCUT2D eigenvalue weighted by molar-refractivity contribution is 5.84. The van der Waals surface area contributed by atoms with Crippen LogP contribution in [0.2, 0.25) is 0 Å². The van der Waals surface area contributed by atoms with E-state index in [2.05, 4.69) is 6.58 Å². The molecule has 2 N–H and O–H groups in total. The number of likely N-dealkylation sites (tertiary alicyclic amines) is 1. The zero-order chi connectivity index (χ0) is 20.2. The number of benzene rings is 1. The minimum atomic E-state index is -1.30. The fraction of sp³-hybridized carbons (Fsp3) is 0.524. The van der Waals surface area contributed by atoms with Crippen LogP contribution >= 0.6 is 0 Å². The third-order valence-corrected chi connectivity index (χ3v) is 4.66. The molecule has 1 saturated heterocycles. The van der Waals surface area contributed by atoms with Crippen LogP contribution in [0.15, 0.2) is 43.0 Å². The highest BCUT2D eigenvalue weighted by Crippen LogP contribution is 2.32. The second kappa shape index (κ2) is 8.13. The van der Waals surface area contributed by atoms with Gasteiger partial charge in [-0.1, -0.05) is 36.4 Å². The Morgan fingerprint density at radius 3 is 2.56 bits per heavy atom. The number of allylic oxidation sites excluding steroid dienone is 1. The van der Waals surface area contributed by atoms with Crippen LogP contribution in [0.4, 0.5) is 4.79 Å². The van der Waals surface area contributed by atoms with Crippen LogP contribution in [-0.2, 0) is 14.3 Å². The number of esters is 1. The van der Waals surface area contributed by atoms with Crippen molar-refractivity contribution < 1.29 is 19.1 Å². The van der Waals surface area contributed by atoms with E-state index in [0.717, 1.165) is 5.56 Å². The molecule has 1 fully saturated rings. The lowest BCUT2D eigenvalue weighted by Crippen LogP contribution is -2.56. The minimum Gasteiger partial charge on any atom is -0.456 e. The van der Waals surface area contributed by atoms with Crippen molar-refractivity contribution in [2.75, 3.05) is 13.1 Å². The summed E-state index contributed by atoms with van der Waals surface area (Å²) in [5.41, 5.74) is 5.45. The van der Waals surface area contributed by atoms with E-state index >= 15 is 0 Å². The third-order valence-electron chi connectivity index (χ3n) is 4.66. The van der Waals surface area contributed by atoms with Crippen molar-refractivity contribution in [2.45, 2.75) is 51.4 Å². The number of carbonyl (C=O) groups excluding carboxylic acids is 2. The Hall–Kier alpha value is -2.34. The molecule has 148 valence electrons. The molecular formula is C21H30N2O4. The molecule has 2 rings (SSSR count). The molecular weight excluding hydrogens is 344 g/mol. The Kier molecular flexibility index (Phi) is 6.31. The van der Waals surface area contributed by atoms with Gasteiger partial charge in [0.1, 0.15) is 17.2 Å². The molecule has 3 atom stereocenters. The minimum absolute atomic E-state index is 0.0563. The number of hydrogen-bond donors (Lipinski definition) is 1. The van der Waals surface area contributed by atoms with Gasteiger partial charge in [-0.15, -0.1) is 6.58 Å². The summed E-state index contributed by atoms with van der Waals surface area (Å²) < 4.78 is 11.1. The van der Waals surface area contributed by atoms with Gasteiger partial charge in [-0.05, 0) is 39.7 Å². The maximum atomic E-state index is 12.9. The van der Waals surface area contributed by atoms with Crippen LogP contribution in [0.5, 0.6) is 0 Å². The molecule has 1 aromatic rings. The van der Waals surface area contributed by atoms with Crippen molar-refractivity contribution in [2.24, 2.45) is 11.7 Å². The fourth-order valence-electron chi connectivity index (χ4n) is 3.18. The lowest BCUT2D eigenvalue weighted by molar-refractivity contribution is -0.156. The first-order valence-corrected chi connectivity index (χ1v) is 9.20. The van der Waals surface area contributed by atoms with Crippen LogP contribution in [0.1, 0.15) is 45.8 Å². The zero-order valence-electron chi connectivity index (χ0n) is 16.6. The van der Waals surface area contributed by atoms with E-state index < -0.39 is 29.3 Å². The first-order chi connectivity index (χ1) is 12.6. The van der Waals surface area contributed by atoms with E-state index in [1.807, 2.05) is 30.3 Å². The smallest absolute Gasteiger partial charge is 0.410 e. The first-order valence-electron chi connectivity index (χ1n) is 9.20. The van der Waals surface area contributed by atoms with Gasteiger partial charge in [0.25, 0.3) is 0 Å². The molecule has 0 aromatic heterocycles. The molecule has 6 nitrogen and oxygen atoms in total. The maximum absolute atomic E-state index is 12.9. The number of ether oxygens (including phenoxy) is 2. The van der Waals surface area contributed by atoms with Gasteiger partial charge in [0, 0.05) is 12.5 Å². The van der Waals surface area contributed by atoms with Gasteiger partial charge in [0.15, 0.2) is 0 Å². The quantitative estimate of drug-likeness (QED) is 0.631. The Balaban J connectivity index is 2.14. The molecule has 0 saturated carbocycles. The predicted octanol–water partition coefficient (Wildman–Crippen LogP) is 3.43. The summed E-state index contributed by atoms with van der Waals surface area (Å²) in [5.74, 6) is -0.797. The van der Waals surface area contributed by atoms with Crippen LogP contribution in [0, 0.1) is 5.92 Å². The van der Waals surface area contributed by atoms with E-state index in [4.69, 9.17) is 15.2 Å². The van der Waals surface area contributed by atoms with Crippen LogP contribution in [-0.4, -0.2) is 41.2 Å². The lowest BCUT2D eigenvalue weighted by Gasteiger charge is -2.29. The summed E-state index contributed by atoms with van der Waals surface area (Å²) >= 11 is 0. The van der Waals surface area contributed by atoms with Gasteiger partial charge in [-0.25, -0.2) is 9.59 Å². The lowest BCUT2D eigenvalue weighted by atomic mass is 9.85. The van der Waals surface area contributed by atoms with Gasteiger partial charge >= 0.3 is 12.1 Å². The molecule has 1 aliphatic rings. The molecule has 1 amide bonds. The molecule has 0 radical (unpaired) electrons. The number of carbonyl (C=O) groups is 2. The fourth-order valence-corrected chi connectivity index (χ4v) is 3.18. The van der Waals surface area contributed by atoms with Crippen molar-refractivity contribution in [3.8, 4) is 0 Å². The Morgan fingerprint density at radius 2 is 2.00 bits per heavy atom. The Bertz CT molecular complexity index is 683. The molecule has 1 aliphatic heterocycles. The predicted molar refractivity (Wildman–Crippen MR) is 104 cm³/mol. The second-order valence-corrected chi connectivity index (χ2v) is 8.08. The zero-order valence-corrected chi connectivity index (χ0v) is 16.6. The van der Waals surface area contributed by atoms with Gasteiger partial charge in [-0.2, -0.15) is 0 Å². The Labute approximate surface area is 161 Å². The summed E-state index contributed by atoms with van der Waals surface area (Å²) in [7, 11) is 0. The van der Waals surface area contributed by atoms with Gasteiger partial charge in [0.05, 0.1) is 6.54 Å². The topological polar surface area (TPSA) is 81.9 Å². The molecule has 1 aromatic carbocycles. The molecule has 0 aliphatic carbocycles. The van der Waals surface area contributed by atoms with Crippen LogP contribution < -0.4 is 5.73 Å². The van der Waals surface area contributed by atoms with E-state index in [-0.39, 0.29) is 12.5 Å². The summed E-state index contributed by atoms with van der Waals surface area (Å²) in [6, 6.07) is 9.46. The number of nitrogens with two attached hydrogens (primary N) is 1. The number of amides is 1. The molecule has 27 heavy (non-hydrogen) atoms. The van der Waals surface area contributed by atoms with E-state index in [0.29, 0.717) is 13.0 Å². The largest absolute Gasteiger partial charge is 0.456 e. The highest BCUT2D eigenvalue weighted by atomic mass is 16.6. The average molecular weight is 374 g/mol. The molecule has 0 spiro atoms. The van der Waals surface area contributed by atoms with Crippen LogP contribution in [0.25, 0.3) is 0 Å². The van der Waals surface area contributed by atoms with Crippen molar-refractivity contribution in [3.05, 3.63) is 48.6 Å². The number of rotatable bonds is 5. The van der Waals surface area contributed by atoms with E-state index in [1.54, 1.807) is 33.8 Å². The van der Waals surface area contributed by atoms with E-state index in [9.17, 15) is 9.59 Å². The molecule has 6 heteroatoms. The standard InChI is InChI=1S/C21H30N2O4/c1-6-10-17-13-23(19(25)27-20(3,4)5)14-21(17,22)18(24)26-15(2)16-11-8-7-9-12-16/h6-9,11-12,15,17H,1,10,13-14,22H2,2-5H3/t15-,17+,21+/m1/s1. The first kappa shape index (κ1) is 21.0. The normalized spacial score (nSPS) is 23.6. The van der Waals surface area contributed by atoms with E-state index in [1.165, 1.54) is 4.90 Å². The van der Waals surface area contributed by atoms with Gasteiger partial charge < -0.3 is 20.1 Å². The van der Waals surface area contributed by atoms with Crippen molar-refractivity contribution >= 4 is 12.1 Å². The summed E-state index contributed by atoms with van der Waals surface area (Å²) in [4.78, 5) is 26.8. The van der Waals surface area contributed by atoms with Crippen molar-refractivity contribution in [3.63, 3.8) is 0 Å². The summed E-state index contributed by atoms with van der Waals surface area (Å²) in [6.45, 7) is 11.3. The van der Waals surface area contributed by atoms with Crippen molar-refractivity contribution in [1.82, 2.24) is 4.90 Å². The summed E-state index contributed by atoms with van der Waals surface area (Å²) in [6.07, 6.45) is 1.30. The maximum Gasteiger partial charge on any atom is 0.410 e. The van der Waals surface area contributed by atoms with Crippen molar-refractivity contribution in [1.29, 1.82) is 0 Å². The van der Waals surface area contributed by atoms with Gasteiger partial charge in [-0.3, -0.25) is 0 Å².